The third-order valence-electron chi connectivity index (χ3n) is 2.94. The molecule has 1 atom stereocenters. The molecule has 0 saturated carbocycles. The molecule has 0 radical (unpaired) electrons. The second kappa shape index (κ2) is 5.06. The molecule has 19 heavy (non-hydrogen) atoms. The van der Waals surface area contributed by atoms with Crippen molar-refractivity contribution in [3.8, 4) is 0 Å². The van der Waals surface area contributed by atoms with Crippen molar-refractivity contribution in [3.63, 3.8) is 0 Å². The number of hydrogen-bond acceptors (Lipinski definition) is 5. The minimum Gasteiger partial charge on any atom is -0.452 e. The lowest BCUT2D eigenvalue weighted by molar-refractivity contribution is 0.177. The van der Waals surface area contributed by atoms with E-state index >= 15 is 0 Å². The molecule has 1 amide bonds. The van der Waals surface area contributed by atoms with Crippen molar-refractivity contribution >= 4 is 22.0 Å². The summed E-state index contributed by atoms with van der Waals surface area (Å²) in [4.78, 5) is 11.1. The summed E-state index contributed by atoms with van der Waals surface area (Å²) in [6, 6.07) is 6.74. The van der Waals surface area contributed by atoms with Crippen LogP contribution in [0.25, 0.3) is 0 Å². The molecule has 0 fully saturated rings. The van der Waals surface area contributed by atoms with Crippen LogP contribution in [-0.4, -0.2) is 28.2 Å². The molecule has 0 aromatic heterocycles. The number of nitrogens with two attached hydrogens (primary N) is 1. The zero-order valence-corrected chi connectivity index (χ0v) is 11.2. The van der Waals surface area contributed by atoms with Crippen LogP contribution in [-0.2, 0) is 14.9 Å². The summed E-state index contributed by atoms with van der Waals surface area (Å²) in [5.74, 6) is 0. The highest BCUT2D eigenvalue weighted by atomic mass is 32.2. The Morgan fingerprint density at radius 2 is 2.16 bits per heavy atom. The molecule has 0 saturated heterocycles. The van der Waals surface area contributed by atoms with Crippen LogP contribution < -0.4 is 14.8 Å². The Labute approximate surface area is 111 Å². The van der Waals surface area contributed by atoms with Crippen molar-refractivity contribution < 1.29 is 17.9 Å². The molecule has 1 unspecified atom stereocenters. The number of fused-ring (bicyclic) bond motifs is 1. The number of nitrogens with one attached hydrogen (secondary N) is 1. The minimum absolute atomic E-state index is 0.208. The van der Waals surface area contributed by atoms with E-state index in [-0.39, 0.29) is 12.6 Å². The van der Waals surface area contributed by atoms with Crippen LogP contribution in [0.2, 0.25) is 0 Å². The third kappa shape index (κ3) is 2.64. The Morgan fingerprint density at radius 3 is 2.84 bits per heavy atom. The van der Waals surface area contributed by atoms with Crippen LogP contribution in [0.4, 0.5) is 10.5 Å². The zero-order valence-electron chi connectivity index (χ0n) is 10.4. The number of benzene rings is 1. The lowest BCUT2D eigenvalue weighted by atomic mass is 9.99. The lowest BCUT2D eigenvalue weighted by Crippen LogP contribution is -2.46. The standard InChI is InChI=1S/C11H15N3O4S/c1-18-11(15)13-19(16,17)14-7-6-9(12)8-4-2-3-5-10(8)14/h2-5,9H,6-7,12H2,1H3,(H,13,15). The highest BCUT2D eigenvalue weighted by Crippen LogP contribution is 2.33. The van der Waals surface area contributed by atoms with Gasteiger partial charge in [0, 0.05) is 12.6 Å². The van der Waals surface area contributed by atoms with Crippen molar-refractivity contribution in [1.29, 1.82) is 0 Å². The molecule has 0 bridgehead atoms. The van der Waals surface area contributed by atoms with Gasteiger partial charge in [0.1, 0.15) is 0 Å². The Balaban J connectivity index is 2.37. The number of rotatable bonds is 2. The topological polar surface area (TPSA) is 102 Å². The highest BCUT2D eigenvalue weighted by Gasteiger charge is 2.31. The van der Waals surface area contributed by atoms with Crippen LogP contribution in [0.15, 0.2) is 24.3 Å². The maximum absolute atomic E-state index is 12.1. The smallest absolute Gasteiger partial charge is 0.422 e. The second-order valence-electron chi connectivity index (χ2n) is 4.12. The minimum atomic E-state index is -3.98. The van der Waals surface area contributed by atoms with Gasteiger partial charge in [-0.15, -0.1) is 0 Å². The molecule has 1 heterocycles. The van der Waals surface area contributed by atoms with Gasteiger partial charge >= 0.3 is 16.3 Å². The summed E-state index contributed by atoms with van der Waals surface area (Å²) in [6.07, 6.45) is -0.536. The van der Waals surface area contributed by atoms with E-state index in [0.29, 0.717) is 12.1 Å². The van der Waals surface area contributed by atoms with Gasteiger partial charge in [-0.05, 0) is 18.1 Å². The van der Waals surface area contributed by atoms with E-state index < -0.39 is 16.3 Å². The van der Waals surface area contributed by atoms with E-state index in [4.69, 9.17) is 5.73 Å². The van der Waals surface area contributed by atoms with Crippen LogP contribution in [0.3, 0.4) is 0 Å². The van der Waals surface area contributed by atoms with Crippen LogP contribution in [0.1, 0.15) is 18.0 Å². The van der Waals surface area contributed by atoms with Crippen molar-refractivity contribution in [2.24, 2.45) is 5.73 Å². The third-order valence-corrected chi connectivity index (χ3v) is 4.32. The molecule has 1 aromatic carbocycles. The predicted molar refractivity (Wildman–Crippen MR) is 69.8 cm³/mol. The van der Waals surface area contributed by atoms with E-state index in [1.807, 2.05) is 4.72 Å². The first-order chi connectivity index (χ1) is 8.95. The number of anilines is 1. The van der Waals surface area contributed by atoms with E-state index in [1.165, 1.54) is 0 Å². The Kier molecular flexibility index (Phi) is 3.63. The SMILES string of the molecule is COC(=O)NS(=O)(=O)N1CCC(N)c2ccccc21. The zero-order chi connectivity index (χ0) is 14.0. The van der Waals surface area contributed by atoms with Gasteiger partial charge in [0.15, 0.2) is 0 Å². The second-order valence-corrected chi connectivity index (χ2v) is 5.72. The van der Waals surface area contributed by atoms with Gasteiger partial charge in [-0.2, -0.15) is 8.42 Å². The van der Waals surface area contributed by atoms with Crippen LogP contribution >= 0.6 is 0 Å². The number of carbonyl (C=O) groups is 1. The first kappa shape index (κ1) is 13.6. The molecular weight excluding hydrogens is 270 g/mol. The molecule has 1 aromatic rings. The van der Waals surface area contributed by atoms with E-state index in [0.717, 1.165) is 17.0 Å². The van der Waals surface area contributed by atoms with Crippen molar-refractivity contribution in [1.82, 2.24) is 4.72 Å². The average Bonchev–Trinajstić information content (AvgIpc) is 2.38. The first-order valence-corrected chi connectivity index (χ1v) is 7.12. The number of amides is 1. The van der Waals surface area contributed by atoms with Crippen molar-refractivity contribution in [3.05, 3.63) is 29.8 Å². The molecule has 1 aliphatic heterocycles. The van der Waals surface area contributed by atoms with Crippen molar-refractivity contribution in [2.75, 3.05) is 18.0 Å². The number of carbonyl (C=O) groups excluding carboxylic acids is 1. The van der Waals surface area contributed by atoms with Gasteiger partial charge in [-0.1, -0.05) is 18.2 Å². The Bertz CT molecular complexity index is 587. The average molecular weight is 285 g/mol. The molecule has 0 aliphatic carbocycles. The fourth-order valence-corrected chi connectivity index (χ4v) is 3.19. The van der Waals surface area contributed by atoms with Gasteiger partial charge in [-0.25, -0.2) is 9.52 Å². The Hall–Kier alpha value is -1.80. The number of methoxy groups -OCH3 is 1. The van der Waals surface area contributed by atoms with Crippen LogP contribution in [0.5, 0.6) is 0 Å². The van der Waals surface area contributed by atoms with Gasteiger partial charge in [-0.3, -0.25) is 4.31 Å². The van der Waals surface area contributed by atoms with Crippen molar-refractivity contribution in [2.45, 2.75) is 12.5 Å². The molecule has 2 rings (SSSR count). The Morgan fingerprint density at radius 1 is 1.47 bits per heavy atom. The van der Waals surface area contributed by atoms with Gasteiger partial charge in [0.05, 0.1) is 12.8 Å². The fourth-order valence-electron chi connectivity index (χ4n) is 2.01. The number of nitrogens with zero attached hydrogens (tertiary/aromatic N) is 1. The molecule has 1 aliphatic rings. The molecule has 3 N–H and O–H groups in total. The quantitative estimate of drug-likeness (QED) is 0.823. The van der Waals surface area contributed by atoms with Gasteiger partial charge < -0.3 is 10.5 Å². The molecule has 104 valence electrons. The van der Waals surface area contributed by atoms with Gasteiger partial charge in [0.25, 0.3) is 0 Å². The maximum Gasteiger partial charge on any atom is 0.422 e. The summed E-state index contributed by atoms with van der Waals surface area (Å²) in [5.41, 5.74) is 7.17. The van der Waals surface area contributed by atoms with E-state index in [9.17, 15) is 13.2 Å². The monoisotopic (exact) mass is 285 g/mol. The number of ether oxygens (including phenoxy) is 1. The van der Waals surface area contributed by atoms with Crippen LogP contribution in [0, 0.1) is 0 Å². The molecular formula is C11H15N3O4S. The molecule has 8 heteroatoms. The van der Waals surface area contributed by atoms with E-state index in [1.54, 1.807) is 24.3 Å². The summed E-state index contributed by atoms with van der Waals surface area (Å²) >= 11 is 0. The summed E-state index contributed by atoms with van der Waals surface area (Å²) in [7, 11) is -2.88. The molecule has 0 spiro atoms. The largest absolute Gasteiger partial charge is 0.452 e. The van der Waals surface area contributed by atoms with Gasteiger partial charge in [0.2, 0.25) is 0 Å². The highest BCUT2D eigenvalue weighted by molar-refractivity contribution is 7.91. The predicted octanol–water partition coefficient (Wildman–Crippen LogP) is 0.497. The maximum atomic E-state index is 12.1. The van der Waals surface area contributed by atoms with E-state index in [2.05, 4.69) is 4.74 Å². The summed E-state index contributed by atoms with van der Waals surface area (Å²) in [5, 5.41) is 0. The normalized spacial score (nSPS) is 18.6. The lowest BCUT2D eigenvalue weighted by Gasteiger charge is -2.32. The molecule has 7 nitrogen and oxygen atoms in total. The fraction of sp³-hybridized carbons (Fsp3) is 0.364. The summed E-state index contributed by atoms with van der Waals surface area (Å²) < 4.78 is 31.5. The number of hydrogen-bond donors (Lipinski definition) is 2. The first-order valence-electron chi connectivity index (χ1n) is 5.68. The number of para-hydroxylation sites is 1. The summed E-state index contributed by atoms with van der Waals surface area (Å²) in [6.45, 7) is 0.213.